The van der Waals surface area contributed by atoms with Crippen molar-refractivity contribution in [1.82, 2.24) is 5.32 Å². The average molecular weight is 539 g/mol. The molecule has 11 nitrogen and oxygen atoms in total. The third-order valence-corrected chi connectivity index (χ3v) is 9.43. The summed E-state index contributed by atoms with van der Waals surface area (Å²) in [7, 11) is 0. The van der Waals surface area contributed by atoms with E-state index in [1.54, 1.807) is 11.8 Å². The van der Waals surface area contributed by atoms with Gasteiger partial charge in [0.15, 0.2) is 0 Å². The first-order valence-electron chi connectivity index (χ1n) is 11.9. The van der Waals surface area contributed by atoms with Crippen LogP contribution < -0.4 is 11.1 Å². The average Bonchev–Trinajstić information content (AvgIpc) is 2.81. The maximum atomic E-state index is 12.8. The van der Waals surface area contributed by atoms with Crippen LogP contribution in [0.25, 0.3) is 0 Å². The topological polar surface area (TPSA) is 211 Å². The van der Waals surface area contributed by atoms with Crippen LogP contribution in [0.15, 0.2) is 0 Å². The van der Waals surface area contributed by atoms with E-state index in [2.05, 4.69) is 5.32 Å². The summed E-state index contributed by atoms with van der Waals surface area (Å²) in [5.41, 5.74) is 5.17. The predicted molar refractivity (Wildman–Crippen MR) is 132 cm³/mol. The van der Waals surface area contributed by atoms with Gasteiger partial charge in [0, 0.05) is 16.8 Å². The number of hydrogen-bond acceptors (Lipinski definition) is 10. The highest BCUT2D eigenvalue weighted by Gasteiger charge is 2.46. The molecule has 2 saturated carbocycles. The van der Waals surface area contributed by atoms with Crippen molar-refractivity contribution in [3.05, 3.63) is 0 Å². The quantitative estimate of drug-likeness (QED) is 0.138. The van der Waals surface area contributed by atoms with Gasteiger partial charge in [0.05, 0.1) is 36.8 Å². The highest BCUT2D eigenvalue weighted by molar-refractivity contribution is 8.00. The lowest BCUT2D eigenvalue weighted by atomic mass is 9.82. The number of primary amides is 1. The van der Waals surface area contributed by atoms with E-state index >= 15 is 0 Å². The van der Waals surface area contributed by atoms with Gasteiger partial charge in [-0.2, -0.15) is 23.5 Å². The molecule has 13 heteroatoms. The maximum Gasteiger partial charge on any atom is 0.305 e. The monoisotopic (exact) mass is 538 g/mol. The second-order valence-corrected chi connectivity index (χ2v) is 11.7. The van der Waals surface area contributed by atoms with Crippen molar-refractivity contribution in [1.29, 1.82) is 0 Å². The number of rotatable bonds is 13. The van der Waals surface area contributed by atoms with Gasteiger partial charge in [-0.3, -0.25) is 14.4 Å². The van der Waals surface area contributed by atoms with Crippen molar-refractivity contribution in [2.24, 2.45) is 17.6 Å². The summed E-state index contributed by atoms with van der Waals surface area (Å²) in [6, 6.07) is -1.49. The third kappa shape index (κ3) is 9.38. The number of thioether (sulfide) groups is 2. The molecule has 0 heterocycles. The second-order valence-electron chi connectivity index (χ2n) is 9.43. The summed E-state index contributed by atoms with van der Waals surface area (Å²) in [4.78, 5) is 35.3. The molecular formula is C22H38N2O9S2. The van der Waals surface area contributed by atoms with E-state index in [0.29, 0.717) is 11.7 Å². The fourth-order valence-corrected chi connectivity index (χ4v) is 7.22. The summed E-state index contributed by atoms with van der Waals surface area (Å²) in [6.07, 6.45) is -1.56. The van der Waals surface area contributed by atoms with Crippen molar-refractivity contribution in [2.75, 3.05) is 17.3 Å². The lowest BCUT2D eigenvalue weighted by Crippen LogP contribution is -2.58. The molecule has 202 valence electrons. The van der Waals surface area contributed by atoms with Gasteiger partial charge in [0.25, 0.3) is 0 Å². The van der Waals surface area contributed by atoms with Crippen LogP contribution in [0.1, 0.15) is 44.9 Å². The highest BCUT2D eigenvalue weighted by Crippen LogP contribution is 2.35. The van der Waals surface area contributed by atoms with Crippen LogP contribution >= 0.6 is 23.5 Å². The van der Waals surface area contributed by atoms with Crippen LogP contribution in [-0.4, -0.2) is 107 Å². The summed E-state index contributed by atoms with van der Waals surface area (Å²) in [5.74, 6) is -2.47. The predicted octanol–water partition coefficient (Wildman–Crippen LogP) is -1.33. The zero-order chi connectivity index (χ0) is 26.1. The molecule has 2 aliphatic carbocycles. The molecule has 35 heavy (non-hydrogen) atoms. The standard InChI is InChI=1S/C22H38N2O9S2/c23-21(32)13(7-17(28)29)24-22(33)12-6-14(25)18(30)19(31)20(12)35-10-16(27)15(26)9-34-8-11-4-2-1-3-5-11/h11-16,18-20,25-27,30-31H,1-10H2,(H2,23,32)(H,24,33)(H,28,29)/t12-,13-,14+,15-,16-,18-,19-,20-/m0/s1. The van der Waals surface area contributed by atoms with Crippen LogP contribution in [0.4, 0.5) is 0 Å². The van der Waals surface area contributed by atoms with Gasteiger partial charge in [-0.25, -0.2) is 0 Å². The van der Waals surface area contributed by atoms with Crippen LogP contribution in [0.2, 0.25) is 0 Å². The number of aliphatic hydroxyl groups excluding tert-OH is 5. The fourth-order valence-electron chi connectivity index (χ4n) is 4.48. The van der Waals surface area contributed by atoms with E-state index in [-0.39, 0.29) is 12.2 Å². The zero-order valence-corrected chi connectivity index (χ0v) is 21.2. The maximum absolute atomic E-state index is 12.8. The lowest BCUT2D eigenvalue weighted by Gasteiger charge is -2.40. The lowest BCUT2D eigenvalue weighted by molar-refractivity contribution is -0.142. The van der Waals surface area contributed by atoms with Gasteiger partial charge >= 0.3 is 5.97 Å². The van der Waals surface area contributed by atoms with Crippen molar-refractivity contribution < 1.29 is 45.0 Å². The van der Waals surface area contributed by atoms with Crippen molar-refractivity contribution in [3.8, 4) is 0 Å². The molecule has 0 unspecified atom stereocenters. The SMILES string of the molecule is NC(=O)[C@H](CC(=O)O)NC(=O)[C@H]1C[C@@H](O)[C@H](O)[C@H](O)[C@H]1SC[C@H](O)[C@@H](O)CSCC1CCCCC1. The molecule has 0 radical (unpaired) electrons. The molecule has 9 N–H and O–H groups in total. The number of nitrogens with one attached hydrogen (secondary N) is 1. The number of hydrogen-bond donors (Lipinski definition) is 8. The van der Waals surface area contributed by atoms with Gasteiger partial charge in [-0.05, 0) is 30.9 Å². The number of aliphatic carboxylic acids is 1. The number of carbonyl (C=O) groups is 3. The summed E-state index contributed by atoms with van der Waals surface area (Å²) < 4.78 is 0. The number of carboxylic acid groups (broad SMARTS) is 1. The number of carboxylic acids is 1. The van der Waals surface area contributed by atoms with E-state index in [4.69, 9.17) is 10.8 Å². The Bertz CT molecular complexity index is 710. The molecule has 8 atom stereocenters. The summed E-state index contributed by atoms with van der Waals surface area (Å²) >= 11 is 2.54. The van der Waals surface area contributed by atoms with E-state index in [1.165, 1.54) is 32.1 Å². The first-order valence-corrected chi connectivity index (χ1v) is 14.1. The Morgan fingerprint density at radius 1 is 0.971 bits per heavy atom. The highest BCUT2D eigenvalue weighted by atomic mass is 32.2. The normalized spacial score (nSPS) is 30.3. The molecule has 0 aliphatic heterocycles. The van der Waals surface area contributed by atoms with Crippen molar-refractivity contribution in [3.63, 3.8) is 0 Å². The number of carbonyl (C=O) groups excluding carboxylic acids is 2. The molecule has 2 aliphatic rings. The minimum absolute atomic E-state index is 0.0478. The number of aliphatic hydroxyl groups is 5. The largest absolute Gasteiger partial charge is 0.481 e. The minimum Gasteiger partial charge on any atom is -0.481 e. The van der Waals surface area contributed by atoms with E-state index < -0.39 is 71.9 Å². The fraction of sp³-hybridized carbons (Fsp3) is 0.864. The summed E-state index contributed by atoms with van der Waals surface area (Å²) in [6.45, 7) is 0. The number of nitrogens with two attached hydrogens (primary N) is 1. The molecule has 0 spiro atoms. The van der Waals surface area contributed by atoms with Crippen LogP contribution in [-0.2, 0) is 14.4 Å². The van der Waals surface area contributed by atoms with Gasteiger partial charge in [-0.15, -0.1) is 0 Å². The van der Waals surface area contributed by atoms with Gasteiger partial charge in [0.1, 0.15) is 12.1 Å². The van der Waals surface area contributed by atoms with Crippen LogP contribution in [0.5, 0.6) is 0 Å². The number of amides is 2. The zero-order valence-electron chi connectivity index (χ0n) is 19.6. The third-order valence-electron chi connectivity index (χ3n) is 6.62. The Balaban J connectivity index is 1.94. The molecule has 0 saturated heterocycles. The van der Waals surface area contributed by atoms with Gasteiger partial charge in [0.2, 0.25) is 11.8 Å². The Morgan fingerprint density at radius 2 is 1.60 bits per heavy atom. The Labute approximate surface area is 213 Å². The minimum atomic E-state index is -1.53. The first kappa shape index (κ1) is 30.1. The Hall–Kier alpha value is -1.09. The smallest absolute Gasteiger partial charge is 0.305 e. The van der Waals surface area contributed by atoms with E-state index in [9.17, 15) is 39.9 Å². The van der Waals surface area contributed by atoms with Gasteiger partial charge < -0.3 is 41.7 Å². The van der Waals surface area contributed by atoms with Crippen LogP contribution in [0, 0.1) is 11.8 Å². The van der Waals surface area contributed by atoms with Crippen molar-refractivity contribution in [2.45, 2.75) is 86.8 Å². The molecule has 0 aromatic heterocycles. The molecule has 0 aromatic carbocycles. The van der Waals surface area contributed by atoms with E-state index in [0.717, 1.165) is 17.5 Å². The first-order chi connectivity index (χ1) is 16.5. The molecule has 2 fully saturated rings. The molecule has 2 amide bonds. The van der Waals surface area contributed by atoms with Crippen molar-refractivity contribution >= 4 is 41.3 Å². The van der Waals surface area contributed by atoms with Crippen LogP contribution in [0.3, 0.4) is 0 Å². The Morgan fingerprint density at radius 3 is 2.20 bits per heavy atom. The molecular weight excluding hydrogens is 500 g/mol. The molecule has 0 aromatic rings. The molecule has 0 bridgehead atoms. The Kier molecular flexibility index (Phi) is 12.6. The summed E-state index contributed by atoms with van der Waals surface area (Å²) in [5, 5.41) is 61.7. The second kappa shape index (κ2) is 14.6. The van der Waals surface area contributed by atoms with Gasteiger partial charge in [-0.1, -0.05) is 19.3 Å². The molecule has 2 rings (SSSR count). The van der Waals surface area contributed by atoms with E-state index in [1.807, 2.05) is 0 Å².